The van der Waals surface area contributed by atoms with Crippen LogP contribution >= 0.6 is 23.6 Å². The second kappa shape index (κ2) is 8.88. The summed E-state index contributed by atoms with van der Waals surface area (Å²) in [6, 6.07) is 3.84. The Hall–Kier alpha value is -1.51. The minimum Gasteiger partial charge on any atom is -0.351 e. The van der Waals surface area contributed by atoms with Gasteiger partial charge in [0.25, 0.3) is 0 Å². The summed E-state index contributed by atoms with van der Waals surface area (Å²) >= 11 is 6.99. The molecule has 1 amide bonds. The predicted molar refractivity (Wildman–Crippen MR) is 115 cm³/mol. The molecule has 2 aromatic heterocycles. The van der Waals surface area contributed by atoms with Crippen molar-refractivity contribution in [2.24, 2.45) is 5.92 Å². The van der Waals surface area contributed by atoms with Crippen molar-refractivity contribution in [1.29, 1.82) is 0 Å². The van der Waals surface area contributed by atoms with Crippen LogP contribution in [0.15, 0.2) is 17.5 Å². The van der Waals surface area contributed by atoms with Gasteiger partial charge >= 0.3 is 0 Å². The second-order valence-electron chi connectivity index (χ2n) is 8.11. The molecule has 2 aliphatic rings. The third-order valence-corrected chi connectivity index (χ3v) is 7.29. The van der Waals surface area contributed by atoms with Gasteiger partial charge in [-0.15, -0.1) is 11.3 Å². The summed E-state index contributed by atoms with van der Waals surface area (Å²) in [4.78, 5) is 16.5. The van der Waals surface area contributed by atoms with Crippen molar-refractivity contribution in [1.82, 2.24) is 25.0 Å². The zero-order valence-electron chi connectivity index (χ0n) is 16.4. The van der Waals surface area contributed by atoms with Crippen molar-refractivity contribution in [2.45, 2.75) is 57.5 Å². The van der Waals surface area contributed by atoms with Gasteiger partial charge in [0.2, 0.25) is 5.91 Å². The molecule has 0 aromatic carbocycles. The highest BCUT2D eigenvalue weighted by atomic mass is 32.1. The van der Waals surface area contributed by atoms with Crippen LogP contribution in [0.5, 0.6) is 0 Å². The molecular formula is C20H29N5OS2. The molecule has 3 heterocycles. The Bertz CT molecular complexity index is 829. The molecule has 28 heavy (non-hydrogen) atoms. The Morgan fingerprint density at radius 3 is 2.79 bits per heavy atom. The van der Waals surface area contributed by atoms with Crippen molar-refractivity contribution in [2.75, 3.05) is 19.6 Å². The van der Waals surface area contributed by atoms with E-state index in [4.69, 9.17) is 12.2 Å². The number of amides is 1. The molecule has 0 bridgehead atoms. The lowest BCUT2D eigenvalue weighted by Crippen LogP contribution is -2.47. The molecule has 152 valence electrons. The SMILES string of the molecule is CC(C(=O)NC1CCN(CC2CCCC2)CC1)n1c(-c2cccs2)n[nH]c1=S. The minimum atomic E-state index is -0.389. The number of H-pyrrole nitrogens is 1. The van der Waals surface area contributed by atoms with Crippen LogP contribution in [0.25, 0.3) is 10.7 Å². The third kappa shape index (κ3) is 4.39. The van der Waals surface area contributed by atoms with E-state index in [1.807, 2.05) is 29.0 Å². The number of hydrogen-bond acceptors (Lipinski definition) is 5. The molecule has 0 spiro atoms. The molecule has 1 atom stereocenters. The van der Waals surface area contributed by atoms with E-state index in [0.29, 0.717) is 4.77 Å². The van der Waals surface area contributed by atoms with Crippen molar-refractivity contribution < 1.29 is 4.79 Å². The first kappa shape index (κ1) is 19.8. The summed E-state index contributed by atoms with van der Waals surface area (Å²) in [5, 5.41) is 12.4. The lowest BCUT2D eigenvalue weighted by molar-refractivity contribution is -0.124. The van der Waals surface area contributed by atoms with Crippen molar-refractivity contribution in [3.05, 3.63) is 22.3 Å². The Morgan fingerprint density at radius 1 is 1.36 bits per heavy atom. The van der Waals surface area contributed by atoms with Gasteiger partial charge in [0.15, 0.2) is 10.6 Å². The van der Waals surface area contributed by atoms with Crippen molar-refractivity contribution in [3.8, 4) is 10.7 Å². The molecule has 1 aliphatic heterocycles. The topological polar surface area (TPSA) is 66.0 Å². The average Bonchev–Trinajstić information content (AvgIpc) is 3.44. The van der Waals surface area contributed by atoms with E-state index in [0.717, 1.165) is 42.6 Å². The summed E-state index contributed by atoms with van der Waals surface area (Å²) in [6.45, 7) is 5.31. The number of aromatic nitrogens is 3. The molecule has 1 unspecified atom stereocenters. The molecule has 1 saturated heterocycles. The van der Waals surface area contributed by atoms with Crippen molar-refractivity contribution >= 4 is 29.5 Å². The molecule has 1 saturated carbocycles. The minimum absolute atomic E-state index is 0.0181. The lowest BCUT2D eigenvalue weighted by Gasteiger charge is -2.34. The molecule has 2 N–H and O–H groups in total. The summed E-state index contributed by atoms with van der Waals surface area (Å²) in [6.07, 6.45) is 7.65. The first-order chi connectivity index (χ1) is 13.6. The van der Waals surface area contributed by atoms with Crippen LogP contribution in [-0.2, 0) is 4.79 Å². The number of piperidine rings is 1. The molecule has 6 nitrogen and oxygen atoms in total. The van der Waals surface area contributed by atoms with Crippen LogP contribution in [0, 0.1) is 10.7 Å². The Morgan fingerprint density at radius 2 is 2.11 bits per heavy atom. The summed E-state index contributed by atoms with van der Waals surface area (Å²) in [5.74, 6) is 1.64. The zero-order valence-corrected chi connectivity index (χ0v) is 18.0. The highest BCUT2D eigenvalue weighted by Crippen LogP contribution is 2.27. The lowest BCUT2D eigenvalue weighted by atomic mass is 10.0. The van der Waals surface area contributed by atoms with Gasteiger partial charge in [-0.3, -0.25) is 14.5 Å². The molecule has 8 heteroatoms. The van der Waals surface area contributed by atoms with Crippen LogP contribution in [0.1, 0.15) is 51.5 Å². The fraction of sp³-hybridized carbons (Fsp3) is 0.650. The summed E-state index contributed by atoms with van der Waals surface area (Å²) in [7, 11) is 0. The van der Waals surface area contributed by atoms with Gasteiger partial charge in [-0.2, -0.15) is 5.10 Å². The monoisotopic (exact) mass is 419 g/mol. The number of rotatable bonds is 6. The van der Waals surface area contributed by atoms with E-state index in [9.17, 15) is 4.79 Å². The number of likely N-dealkylation sites (tertiary alicyclic amines) is 1. The van der Waals surface area contributed by atoms with Crippen LogP contribution in [0.4, 0.5) is 0 Å². The normalized spacial score (nSPS) is 20.5. The highest BCUT2D eigenvalue weighted by molar-refractivity contribution is 7.71. The molecule has 4 rings (SSSR count). The third-order valence-electron chi connectivity index (χ3n) is 6.14. The van der Waals surface area contributed by atoms with E-state index in [2.05, 4.69) is 20.4 Å². The van der Waals surface area contributed by atoms with E-state index in [-0.39, 0.29) is 18.0 Å². The van der Waals surface area contributed by atoms with Gasteiger partial charge in [0, 0.05) is 25.7 Å². The molecule has 0 radical (unpaired) electrons. The largest absolute Gasteiger partial charge is 0.351 e. The van der Waals surface area contributed by atoms with Gasteiger partial charge in [-0.25, -0.2) is 0 Å². The standard InChI is InChI=1S/C20H29N5OS2/c1-14(25-18(22-23-20(25)27)17-7-4-12-28-17)19(26)21-16-8-10-24(11-9-16)13-15-5-2-3-6-15/h4,7,12,14-16H,2-3,5-6,8-11,13H2,1H3,(H,21,26)(H,23,27). The smallest absolute Gasteiger partial charge is 0.243 e. The fourth-order valence-corrected chi connectivity index (χ4v) is 5.50. The van der Waals surface area contributed by atoms with Gasteiger partial charge in [0.1, 0.15) is 6.04 Å². The first-order valence-corrected chi connectivity index (χ1v) is 11.6. The van der Waals surface area contributed by atoms with Crippen LogP contribution in [0.2, 0.25) is 0 Å². The van der Waals surface area contributed by atoms with Gasteiger partial charge in [-0.05, 0) is 62.2 Å². The molecule has 1 aliphatic carbocycles. The molecular weight excluding hydrogens is 390 g/mol. The maximum Gasteiger partial charge on any atom is 0.243 e. The highest BCUT2D eigenvalue weighted by Gasteiger charge is 2.27. The quantitative estimate of drug-likeness (QED) is 0.695. The van der Waals surface area contributed by atoms with Crippen LogP contribution < -0.4 is 5.32 Å². The van der Waals surface area contributed by atoms with Crippen LogP contribution in [-0.4, -0.2) is 51.2 Å². The number of aromatic amines is 1. The maximum absolute atomic E-state index is 12.9. The number of nitrogens with one attached hydrogen (secondary N) is 2. The zero-order chi connectivity index (χ0) is 19.5. The van der Waals surface area contributed by atoms with E-state index >= 15 is 0 Å². The van der Waals surface area contributed by atoms with Crippen LogP contribution in [0.3, 0.4) is 0 Å². The van der Waals surface area contributed by atoms with E-state index in [1.165, 1.54) is 32.2 Å². The molecule has 2 aromatic rings. The first-order valence-electron chi connectivity index (χ1n) is 10.4. The Labute approximate surface area is 175 Å². The van der Waals surface area contributed by atoms with E-state index in [1.54, 1.807) is 11.3 Å². The van der Waals surface area contributed by atoms with Gasteiger partial charge < -0.3 is 10.2 Å². The Balaban J connectivity index is 1.33. The molecule has 2 fully saturated rings. The number of hydrogen-bond donors (Lipinski definition) is 2. The van der Waals surface area contributed by atoms with Gasteiger partial charge in [0.05, 0.1) is 4.88 Å². The summed E-state index contributed by atoms with van der Waals surface area (Å²) < 4.78 is 2.31. The maximum atomic E-state index is 12.9. The van der Waals surface area contributed by atoms with Crippen molar-refractivity contribution in [3.63, 3.8) is 0 Å². The number of nitrogens with zero attached hydrogens (tertiary/aromatic N) is 3. The fourth-order valence-electron chi connectivity index (χ4n) is 4.50. The van der Waals surface area contributed by atoms with E-state index < -0.39 is 0 Å². The van der Waals surface area contributed by atoms with Gasteiger partial charge in [-0.1, -0.05) is 18.9 Å². The predicted octanol–water partition coefficient (Wildman–Crippen LogP) is 4.00. The number of carbonyl (C=O) groups is 1. The summed E-state index contributed by atoms with van der Waals surface area (Å²) in [5.41, 5.74) is 0. The Kier molecular flexibility index (Phi) is 6.28. The number of carbonyl (C=O) groups excluding carboxylic acids is 1. The average molecular weight is 420 g/mol. The second-order valence-corrected chi connectivity index (χ2v) is 9.44. The number of thiophene rings is 1.